The maximum absolute atomic E-state index is 5.49. The average Bonchev–Trinajstić information content (AvgIpc) is 2.97. The van der Waals surface area contributed by atoms with Crippen molar-refractivity contribution in [2.45, 2.75) is 44.6 Å². The third-order valence-corrected chi connectivity index (χ3v) is 4.01. The molecule has 0 amide bonds. The Hall–Kier alpha value is -1.75. The highest BCUT2D eigenvalue weighted by molar-refractivity contribution is 5.48. The van der Waals surface area contributed by atoms with E-state index in [-0.39, 0.29) is 0 Å². The average molecular weight is 272 g/mol. The molecule has 20 heavy (non-hydrogen) atoms. The van der Waals surface area contributed by atoms with Crippen molar-refractivity contribution in [1.29, 1.82) is 0 Å². The van der Waals surface area contributed by atoms with Crippen molar-refractivity contribution in [3.63, 3.8) is 0 Å². The van der Waals surface area contributed by atoms with Crippen molar-refractivity contribution in [3.8, 4) is 11.5 Å². The van der Waals surface area contributed by atoms with Crippen LogP contribution in [0.2, 0.25) is 0 Å². The number of aryl methyl sites for hydroxylation is 1. The molecule has 2 aromatic heterocycles. The second kappa shape index (κ2) is 5.71. The molecule has 0 spiro atoms. The van der Waals surface area contributed by atoms with Gasteiger partial charge in [-0.2, -0.15) is 4.98 Å². The fraction of sp³-hybridized carbons (Fsp3) is 0.533. The number of pyridine rings is 1. The summed E-state index contributed by atoms with van der Waals surface area (Å²) in [6.07, 6.45) is 4.77. The lowest BCUT2D eigenvalue weighted by Crippen LogP contribution is -2.34. The summed E-state index contributed by atoms with van der Waals surface area (Å²) in [5, 5.41) is 7.46. The fourth-order valence-corrected chi connectivity index (χ4v) is 2.93. The third kappa shape index (κ3) is 2.58. The van der Waals surface area contributed by atoms with Gasteiger partial charge in [0.05, 0.1) is 5.92 Å². The number of rotatable bonds is 3. The normalized spacial score (nSPS) is 22.9. The van der Waals surface area contributed by atoms with Gasteiger partial charge in [0, 0.05) is 11.7 Å². The number of nitrogens with zero attached hydrogens (tertiary/aromatic N) is 3. The molecule has 0 saturated heterocycles. The molecule has 1 N–H and O–H groups in total. The first-order chi connectivity index (χ1) is 9.78. The van der Waals surface area contributed by atoms with E-state index in [1.165, 1.54) is 19.3 Å². The predicted molar refractivity (Wildman–Crippen MR) is 76.3 cm³/mol. The Morgan fingerprint density at radius 2 is 2.05 bits per heavy atom. The van der Waals surface area contributed by atoms with Gasteiger partial charge in [0.15, 0.2) is 0 Å². The van der Waals surface area contributed by atoms with Crippen LogP contribution in [-0.2, 0) is 0 Å². The van der Waals surface area contributed by atoms with E-state index in [1.54, 1.807) is 0 Å². The minimum atomic E-state index is 0.319. The van der Waals surface area contributed by atoms with Crippen LogP contribution in [0, 0.1) is 6.92 Å². The standard InChI is InChI=1S/C15H20N4O/c1-10-6-5-9-13(17-10)14-18-15(20-19-14)11-7-3-4-8-12(11)16-2/h5-6,9,11-12,16H,3-4,7-8H2,1-2H3. The second-order valence-electron chi connectivity index (χ2n) is 5.41. The van der Waals surface area contributed by atoms with Crippen molar-refractivity contribution in [2.24, 2.45) is 0 Å². The van der Waals surface area contributed by atoms with Gasteiger partial charge in [0.2, 0.25) is 11.7 Å². The topological polar surface area (TPSA) is 63.8 Å². The summed E-state index contributed by atoms with van der Waals surface area (Å²) in [5.41, 5.74) is 1.73. The Morgan fingerprint density at radius 3 is 2.85 bits per heavy atom. The van der Waals surface area contributed by atoms with E-state index in [2.05, 4.69) is 20.4 Å². The largest absolute Gasteiger partial charge is 0.339 e. The minimum absolute atomic E-state index is 0.319. The van der Waals surface area contributed by atoms with Crippen LogP contribution in [0.4, 0.5) is 0 Å². The molecule has 0 aromatic carbocycles. The van der Waals surface area contributed by atoms with Crippen LogP contribution in [0.3, 0.4) is 0 Å². The number of nitrogens with one attached hydrogen (secondary N) is 1. The molecule has 1 aliphatic rings. The van der Waals surface area contributed by atoms with Crippen molar-refractivity contribution >= 4 is 0 Å². The van der Waals surface area contributed by atoms with E-state index < -0.39 is 0 Å². The maximum Gasteiger partial charge on any atom is 0.231 e. The molecule has 0 aliphatic heterocycles. The molecule has 0 bridgehead atoms. The van der Waals surface area contributed by atoms with Crippen LogP contribution < -0.4 is 5.32 Å². The molecule has 1 aliphatic carbocycles. The van der Waals surface area contributed by atoms with Gasteiger partial charge >= 0.3 is 0 Å². The summed E-state index contributed by atoms with van der Waals surface area (Å²) in [7, 11) is 2.00. The summed E-state index contributed by atoms with van der Waals surface area (Å²) in [5.74, 6) is 1.64. The number of aromatic nitrogens is 3. The van der Waals surface area contributed by atoms with E-state index in [0.29, 0.717) is 17.8 Å². The van der Waals surface area contributed by atoms with Gasteiger partial charge in [-0.1, -0.05) is 24.1 Å². The summed E-state index contributed by atoms with van der Waals surface area (Å²) >= 11 is 0. The van der Waals surface area contributed by atoms with E-state index in [4.69, 9.17) is 4.52 Å². The molecule has 5 nitrogen and oxygen atoms in total. The van der Waals surface area contributed by atoms with Gasteiger partial charge in [-0.05, 0) is 38.9 Å². The van der Waals surface area contributed by atoms with Crippen molar-refractivity contribution in [3.05, 3.63) is 29.8 Å². The van der Waals surface area contributed by atoms with Crippen LogP contribution in [0.25, 0.3) is 11.5 Å². The quantitative estimate of drug-likeness (QED) is 0.930. The highest BCUT2D eigenvalue weighted by Crippen LogP contribution is 2.32. The molecule has 2 aromatic rings. The lowest BCUT2D eigenvalue weighted by molar-refractivity contribution is 0.270. The zero-order valence-corrected chi connectivity index (χ0v) is 12.0. The zero-order chi connectivity index (χ0) is 13.9. The van der Waals surface area contributed by atoms with Crippen molar-refractivity contribution in [1.82, 2.24) is 20.4 Å². The number of hydrogen-bond acceptors (Lipinski definition) is 5. The summed E-state index contributed by atoms with van der Waals surface area (Å²) in [6.45, 7) is 1.96. The maximum atomic E-state index is 5.49. The van der Waals surface area contributed by atoms with Crippen LogP contribution in [-0.4, -0.2) is 28.2 Å². The lowest BCUT2D eigenvalue weighted by Gasteiger charge is -2.28. The Labute approximate surface area is 118 Å². The van der Waals surface area contributed by atoms with Gasteiger partial charge < -0.3 is 9.84 Å². The Kier molecular flexibility index (Phi) is 3.78. The van der Waals surface area contributed by atoms with E-state index >= 15 is 0 Å². The summed E-state index contributed by atoms with van der Waals surface area (Å²) < 4.78 is 5.49. The summed E-state index contributed by atoms with van der Waals surface area (Å²) in [4.78, 5) is 9.00. The van der Waals surface area contributed by atoms with Crippen LogP contribution >= 0.6 is 0 Å². The first-order valence-corrected chi connectivity index (χ1v) is 7.23. The van der Waals surface area contributed by atoms with E-state index in [9.17, 15) is 0 Å². The zero-order valence-electron chi connectivity index (χ0n) is 12.0. The number of likely N-dealkylation sites (N-methyl/N-ethyl adjacent to an activating group) is 1. The fourth-order valence-electron chi connectivity index (χ4n) is 2.93. The van der Waals surface area contributed by atoms with Gasteiger partial charge in [-0.15, -0.1) is 0 Å². The minimum Gasteiger partial charge on any atom is -0.339 e. The van der Waals surface area contributed by atoms with Crippen LogP contribution in [0.5, 0.6) is 0 Å². The van der Waals surface area contributed by atoms with Gasteiger partial charge in [-0.3, -0.25) is 0 Å². The first kappa shape index (κ1) is 13.2. The van der Waals surface area contributed by atoms with E-state index in [0.717, 1.165) is 23.7 Å². The Morgan fingerprint density at radius 1 is 1.20 bits per heavy atom. The third-order valence-electron chi connectivity index (χ3n) is 4.01. The van der Waals surface area contributed by atoms with Gasteiger partial charge in [-0.25, -0.2) is 4.98 Å². The van der Waals surface area contributed by atoms with Crippen molar-refractivity contribution < 1.29 is 4.52 Å². The SMILES string of the molecule is CNC1CCCCC1c1nc(-c2cccc(C)n2)no1. The smallest absolute Gasteiger partial charge is 0.231 e. The molecule has 0 radical (unpaired) electrons. The Balaban J connectivity index is 1.86. The molecule has 1 fully saturated rings. The van der Waals surface area contributed by atoms with Crippen molar-refractivity contribution in [2.75, 3.05) is 7.05 Å². The highest BCUT2D eigenvalue weighted by Gasteiger charge is 2.30. The monoisotopic (exact) mass is 272 g/mol. The molecule has 3 rings (SSSR count). The Bertz CT molecular complexity index is 581. The second-order valence-corrected chi connectivity index (χ2v) is 5.41. The summed E-state index contributed by atoms with van der Waals surface area (Å²) in [6, 6.07) is 6.27. The molecule has 2 heterocycles. The van der Waals surface area contributed by atoms with Crippen LogP contribution in [0.1, 0.15) is 43.2 Å². The van der Waals surface area contributed by atoms with E-state index in [1.807, 2.05) is 32.2 Å². The molecule has 106 valence electrons. The van der Waals surface area contributed by atoms with Gasteiger partial charge in [0.1, 0.15) is 5.69 Å². The molecular weight excluding hydrogens is 252 g/mol. The number of hydrogen-bond donors (Lipinski definition) is 1. The molecular formula is C15H20N4O. The molecule has 1 saturated carbocycles. The molecule has 5 heteroatoms. The molecule has 2 atom stereocenters. The molecule has 2 unspecified atom stereocenters. The van der Waals surface area contributed by atoms with Crippen LogP contribution in [0.15, 0.2) is 22.7 Å². The predicted octanol–water partition coefficient (Wildman–Crippen LogP) is 2.69. The lowest BCUT2D eigenvalue weighted by atomic mass is 9.84. The van der Waals surface area contributed by atoms with Gasteiger partial charge in [0.25, 0.3) is 0 Å². The highest BCUT2D eigenvalue weighted by atomic mass is 16.5. The first-order valence-electron chi connectivity index (χ1n) is 7.23.